The van der Waals surface area contributed by atoms with Crippen LogP contribution in [0.3, 0.4) is 0 Å². The molecule has 0 spiro atoms. The first-order valence-electron chi connectivity index (χ1n) is 8.12. The fourth-order valence-electron chi connectivity index (χ4n) is 2.78. The van der Waals surface area contributed by atoms with Crippen molar-refractivity contribution in [1.82, 2.24) is 19.9 Å². The van der Waals surface area contributed by atoms with E-state index in [2.05, 4.69) is 61.5 Å². The Hall–Kier alpha value is -2.43. The van der Waals surface area contributed by atoms with E-state index >= 15 is 0 Å². The van der Waals surface area contributed by atoms with Gasteiger partial charge in [-0.05, 0) is 23.0 Å². The van der Waals surface area contributed by atoms with Crippen molar-refractivity contribution >= 4 is 11.2 Å². The summed E-state index contributed by atoms with van der Waals surface area (Å²) in [5, 5.41) is 10.8. The smallest absolute Gasteiger partial charge is 0.181 e. The molecule has 0 aliphatic rings. The van der Waals surface area contributed by atoms with Crippen LogP contribution in [0.15, 0.2) is 24.7 Å². The number of benzene rings is 1. The molecule has 0 aliphatic carbocycles. The highest BCUT2D eigenvalue weighted by atomic mass is 16.3. The number of aromatic nitrogens is 4. The molecule has 0 saturated heterocycles. The molecule has 1 aromatic carbocycles. The summed E-state index contributed by atoms with van der Waals surface area (Å²) in [6.07, 6.45) is 3.35. The van der Waals surface area contributed by atoms with Crippen LogP contribution in [0, 0.1) is 0 Å². The first-order chi connectivity index (χ1) is 11.1. The number of nitrogens with zero attached hydrogens (tertiary/aromatic N) is 3. The van der Waals surface area contributed by atoms with E-state index in [0.29, 0.717) is 17.2 Å². The van der Waals surface area contributed by atoms with Crippen molar-refractivity contribution in [2.24, 2.45) is 0 Å². The molecule has 3 aromatic rings. The van der Waals surface area contributed by atoms with Gasteiger partial charge in [0.1, 0.15) is 11.3 Å². The number of hydrogen-bond donors (Lipinski definition) is 2. The third kappa shape index (κ3) is 2.86. The third-order valence-corrected chi connectivity index (χ3v) is 4.16. The molecule has 126 valence electrons. The summed E-state index contributed by atoms with van der Waals surface area (Å²) < 4.78 is 0. The molecule has 0 fully saturated rings. The lowest BCUT2D eigenvalue weighted by Gasteiger charge is -2.28. The van der Waals surface area contributed by atoms with Crippen LogP contribution < -0.4 is 0 Å². The van der Waals surface area contributed by atoms with E-state index in [-0.39, 0.29) is 10.8 Å². The Bertz CT molecular complexity index is 863. The van der Waals surface area contributed by atoms with Crippen molar-refractivity contribution in [2.45, 2.75) is 52.4 Å². The Morgan fingerprint density at radius 3 is 2.04 bits per heavy atom. The molecule has 2 aromatic heterocycles. The Kier molecular flexibility index (Phi) is 3.62. The number of fused-ring (bicyclic) bond motifs is 1. The van der Waals surface area contributed by atoms with E-state index in [4.69, 9.17) is 0 Å². The van der Waals surface area contributed by atoms with Gasteiger partial charge in [0.15, 0.2) is 11.5 Å². The molecule has 2 N–H and O–H groups in total. The molecule has 0 amide bonds. The first-order valence-corrected chi connectivity index (χ1v) is 8.12. The monoisotopic (exact) mass is 324 g/mol. The largest absolute Gasteiger partial charge is 0.507 e. The Morgan fingerprint density at radius 1 is 0.917 bits per heavy atom. The highest BCUT2D eigenvalue weighted by Gasteiger charge is 2.27. The lowest BCUT2D eigenvalue weighted by molar-refractivity contribution is 0.423. The van der Waals surface area contributed by atoms with Gasteiger partial charge in [-0.25, -0.2) is 15.0 Å². The SMILES string of the molecule is CC(C)(C)c1cc(-c2ncc3[nH]cnc3n2)cc(C(C)(C)C)c1O. The van der Waals surface area contributed by atoms with Crippen molar-refractivity contribution in [2.75, 3.05) is 0 Å². The van der Waals surface area contributed by atoms with Gasteiger partial charge < -0.3 is 10.1 Å². The summed E-state index contributed by atoms with van der Waals surface area (Å²) >= 11 is 0. The molecule has 5 heteroatoms. The van der Waals surface area contributed by atoms with Gasteiger partial charge in [0.05, 0.1) is 12.5 Å². The average Bonchev–Trinajstić information content (AvgIpc) is 2.92. The summed E-state index contributed by atoms with van der Waals surface area (Å²) in [4.78, 5) is 16.2. The lowest BCUT2D eigenvalue weighted by atomic mass is 9.78. The Morgan fingerprint density at radius 2 is 1.50 bits per heavy atom. The summed E-state index contributed by atoms with van der Waals surface area (Å²) in [7, 11) is 0. The first kappa shape index (κ1) is 16.4. The maximum Gasteiger partial charge on any atom is 0.181 e. The van der Waals surface area contributed by atoms with Crippen molar-refractivity contribution in [3.63, 3.8) is 0 Å². The van der Waals surface area contributed by atoms with Crippen LogP contribution >= 0.6 is 0 Å². The van der Waals surface area contributed by atoms with Gasteiger partial charge in [0.2, 0.25) is 0 Å². The van der Waals surface area contributed by atoms with Crippen LogP contribution in [0.25, 0.3) is 22.6 Å². The second-order valence-corrected chi connectivity index (χ2v) is 8.25. The quantitative estimate of drug-likeness (QED) is 0.699. The predicted molar refractivity (Wildman–Crippen MR) is 96.2 cm³/mol. The number of H-pyrrole nitrogens is 1. The fourth-order valence-corrected chi connectivity index (χ4v) is 2.78. The van der Waals surface area contributed by atoms with Crippen molar-refractivity contribution in [1.29, 1.82) is 0 Å². The third-order valence-electron chi connectivity index (χ3n) is 4.16. The molecule has 0 aliphatic heterocycles. The van der Waals surface area contributed by atoms with Gasteiger partial charge >= 0.3 is 0 Å². The molecule has 0 bridgehead atoms. The maximum absolute atomic E-state index is 10.8. The van der Waals surface area contributed by atoms with E-state index in [0.717, 1.165) is 22.2 Å². The molecule has 5 nitrogen and oxygen atoms in total. The van der Waals surface area contributed by atoms with Crippen LogP contribution in [0.2, 0.25) is 0 Å². The fraction of sp³-hybridized carbons (Fsp3) is 0.421. The predicted octanol–water partition coefficient (Wildman–Crippen LogP) is 4.32. The van der Waals surface area contributed by atoms with Crippen molar-refractivity contribution < 1.29 is 5.11 Å². The van der Waals surface area contributed by atoms with Crippen LogP contribution in [0.4, 0.5) is 0 Å². The van der Waals surface area contributed by atoms with Crippen LogP contribution in [0.1, 0.15) is 52.7 Å². The number of imidazole rings is 1. The zero-order valence-electron chi connectivity index (χ0n) is 15.1. The Labute approximate surface area is 142 Å². The van der Waals surface area contributed by atoms with Gasteiger partial charge in [-0.15, -0.1) is 0 Å². The number of aromatic hydroxyl groups is 1. The number of phenolic OH excluding ortho intramolecular Hbond substituents is 1. The van der Waals surface area contributed by atoms with E-state index in [9.17, 15) is 5.11 Å². The second kappa shape index (κ2) is 5.30. The molecule has 0 radical (unpaired) electrons. The average molecular weight is 324 g/mol. The zero-order chi connectivity index (χ0) is 17.7. The van der Waals surface area contributed by atoms with Crippen LogP contribution in [0.5, 0.6) is 5.75 Å². The minimum Gasteiger partial charge on any atom is -0.507 e. The molecule has 2 heterocycles. The zero-order valence-corrected chi connectivity index (χ0v) is 15.1. The summed E-state index contributed by atoms with van der Waals surface area (Å²) in [6.45, 7) is 12.6. The molecule has 0 atom stereocenters. The highest BCUT2D eigenvalue weighted by Crippen LogP contribution is 2.41. The van der Waals surface area contributed by atoms with Crippen LogP contribution in [-0.2, 0) is 10.8 Å². The van der Waals surface area contributed by atoms with Gasteiger partial charge in [-0.1, -0.05) is 41.5 Å². The van der Waals surface area contributed by atoms with E-state index < -0.39 is 0 Å². The van der Waals surface area contributed by atoms with E-state index in [1.165, 1.54) is 0 Å². The molecular formula is C19H24N4O. The number of nitrogens with one attached hydrogen (secondary N) is 1. The summed E-state index contributed by atoms with van der Waals surface area (Å²) in [5.41, 5.74) is 3.78. The van der Waals surface area contributed by atoms with Gasteiger partial charge in [0.25, 0.3) is 0 Å². The molecular weight excluding hydrogens is 300 g/mol. The normalized spacial score (nSPS) is 12.8. The molecule has 3 rings (SSSR count). The molecule has 24 heavy (non-hydrogen) atoms. The lowest BCUT2D eigenvalue weighted by Crippen LogP contribution is -2.17. The Balaban J connectivity index is 2.27. The maximum atomic E-state index is 10.8. The van der Waals surface area contributed by atoms with E-state index in [1.807, 2.05) is 12.1 Å². The summed E-state index contributed by atoms with van der Waals surface area (Å²) in [6, 6.07) is 3.97. The molecule has 0 saturated carbocycles. The van der Waals surface area contributed by atoms with E-state index in [1.54, 1.807) is 12.5 Å². The highest BCUT2D eigenvalue weighted by molar-refractivity contribution is 5.73. The van der Waals surface area contributed by atoms with Gasteiger partial charge in [-0.3, -0.25) is 0 Å². The summed E-state index contributed by atoms with van der Waals surface area (Å²) in [5.74, 6) is 0.977. The second-order valence-electron chi connectivity index (χ2n) is 8.25. The number of aromatic amines is 1. The number of hydrogen-bond acceptors (Lipinski definition) is 4. The number of phenols is 1. The van der Waals surface area contributed by atoms with Gasteiger partial charge in [0, 0.05) is 16.7 Å². The topological polar surface area (TPSA) is 74.7 Å². The van der Waals surface area contributed by atoms with Crippen molar-refractivity contribution in [3.05, 3.63) is 35.8 Å². The number of rotatable bonds is 1. The van der Waals surface area contributed by atoms with Crippen molar-refractivity contribution in [3.8, 4) is 17.1 Å². The standard InChI is InChI=1S/C19H24N4O/c1-18(2,3)12-7-11(8-13(15(12)24)19(4,5)6)16-20-9-14-17(23-16)22-10-21-14/h7-10,24H,1-6H3,(H,20,21,22,23). The minimum absolute atomic E-state index is 0.184. The molecule has 0 unspecified atom stereocenters. The minimum atomic E-state index is -0.184. The van der Waals surface area contributed by atoms with Crippen LogP contribution in [-0.4, -0.2) is 25.0 Å². The van der Waals surface area contributed by atoms with Gasteiger partial charge in [-0.2, -0.15) is 0 Å².